The average molecular weight is 122 g/mol. The summed E-state index contributed by atoms with van der Waals surface area (Å²) in [7, 11) is 1.75. The SMILES string of the molecule is Cn1cc(O)c(C#N)c1. The number of hydrogen-bond acceptors (Lipinski definition) is 2. The van der Waals surface area contributed by atoms with E-state index >= 15 is 0 Å². The molecular formula is C6H6N2O. The molecule has 9 heavy (non-hydrogen) atoms. The fourth-order valence-electron chi connectivity index (χ4n) is 0.656. The fraction of sp³-hybridized carbons (Fsp3) is 0.167. The van der Waals surface area contributed by atoms with Gasteiger partial charge in [0.15, 0.2) is 5.75 Å². The first kappa shape index (κ1) is 5.70. The van der Waals surface area contributed by atoms with E-state index in [-0.39, 0.29) is 5.75 Å². The fourth-order valence-corrected chi connectivity index (χ4v) is 0.656. The van der Waals surface area contributed by atoms with Crippen molar-refractivity contribution in [3.8, 4) is 11.8 Å². The van der Waals surface area contributed by atoms with Gasteiger partial charge in [0.25, 0.3) is 0 Å². The predicted octanol–water partition coefficient (Wildman–Crippen LogP) is 0.602. The average Bonchev–Trinajstić information content (AvgIpc) is 2.10. The van der Waals surface area contributed by atoms with Gasteiger partial charge in [0.1, 0.15) is 11.6 Å². The standard InChI is InChI=1S/C6H6N2O/c1-8-3-5(2-7)6(9)4-8/h3-4,9H,1H3. The summed E-state index contributed by atoms with van der Waals surface area (Å²) in [5.74, 6) is 0.0417. The second-order valence-electron chi connectivity index (χ2n) is 1.83. The van der Waals surface area contributed by atoms with Crippen LogP contribution in [0.25, 0.3) is 0 Å². The molecule has 0 atom stereocenters. The molecular weight excluding hydrogens is 116 g/mol. The molecule has 3 nitrogen and oxygen atoms in total. The topological polar surface area (TPSA) is 49.0 Å². The number of aryl methyl sites for hydroxylation is 1. The second-order valence-corrected chi connectivity index (χ2v) is 1.83. The van der Waals surface area contributed by atoms with Gasteiger partial charge in [0, 0.05) is 19.4 Å². The van der Waals surface area contributed by atoms with Crippen LogP contribution >= 0.6 is 0 Å². The van der Waals surface area contributed by atoms with Crippen molar-refractivity contribution in [3.05, 3.63) is 18.0 Å². The van der Waals surface area contributed by atoms with Crippen LogP contribution in [0.3, 0.4) is 0 Å². The van der Waals surface area contributed by atoms with Gasteiger partial charge in [-0.2, -0.15) is 5.26 Å². The third-order valence-electron chi connectivity index (χ3n) is 1.06. The van der Waals surface area contributed by atoms with Gasteiger partial charge in [-0.3, -0.25) is 0 Å². The molecule has 0 aliphatic carbocycles. The molecule has 0 aliphatic heterocycles. The number of hydrogen-bond donors (Lipinski definition) is 1. The Morgan fingerprint density at radius 1 is 1.67 bits per heavy atom. The zero-order chi connectivity index (χ0) is 6.85. The Labute approximate surface area is 52.8 Å². The predicted molar refractivity (Wildman–Crippen MR) is 31.8 cm³/mol. The lowest BCUT2D eigenvalue weighted by molar-refractivity contribution is 0.473. The normalized spacial score (nSPS) is 8.89. The monoisotopic (exact) mass is 122 g/mol. The molecule has 0 aromatic carbocycles. The van der Waals surface area contributed by atoms with Crippen LogP contribution in [0, 0.1) is 11.3 Å². The highest BCUT2D eigenvalue weighted by atomic mass is 16.3. The minimum atomic E-state index is 0.0417. The Kier molecular flexibility index (Phi) is 1.16. The van der Waals surface area contributed by atoms with Crippen LogP contribution in [0.4, 0.5) is 0 Å². The molecule has 0 radical (unpaired) electrons. The molecule has 0 saturated carbocycles. The molecule has 1 aromatic heterocycles. The van der Waals surface area contributed by atoms with Gasteiger partial charge in [-0.1, -0.05) is 0 Å². The molecule has 0 fully saturated rings. The summed E-state index contributed by atoms with van der Waals surface area (Å²) >= 11 is 0. The van der Waals surface area contributed by atoms with Crippen molar-refractivity contribution in [2.45, 2.75) is 0 Å². The van der Waals surface area contributed by atoms with Gasteiger partial charge in [-0.05, 0) is 0 Å². The first-order valence-electron chi connectivity index (χ1n) is 2.49. The molecule has 0 aliphatic rings. The number of rotatable bonds is 0. The molecule has 1 rings (SSSR count). The first-order valence-corrected chi connectivity index (χ1v) is 2.49. The maximum Gasteiger partial charge on any atom is 0.150 e. The summed E-state index contributed by atoms with van der Waals surface area (Å²) < 4.78 is 1.63. The van der Waals surface area contributed by atoms with Crippen LogP contribution < -0.4 is 0 Å². The van der Waals surface area contributed by atoms with Gasteiger partial charge in [0.2, 0.25) is 0 Å². The molecule has 1 N–H and O–H groups in total. The van der Waals surface area contributed by atoms with Gasteiger partial charge < -0.3 is 9.67 Å². The number of aromatic nitrogens is 1. The van der Waals surface area contributed by atoms with E-state index in [4.69, 9.17) is 10.4 Å². The third-order valence-corrected chi connectivity index (χ3v) is 1.06. The Morgan fingerprint density at radius 2 is 2.33 bits per heavy atom. The summed E-state index contributed by atoms with van der Waals surface area (Å²) in [4.78, 5) is 0. The van der Waals surface area contributed by atoms with E-state index in [1.165, 1.54) is 6.20 Å². The summed E-state index contributed by atoms with van der Waals surface area (Å²) in [5.41, 5.74) is 0.317. The second kappa shape index (κ2) is 1.82. The Balaban J connectivity index is 3.20. The van der Waals surface area contributed by atoms with Crippen molar-refractivity contribution < 1.29 is 5.11 Å². The van der Waals surface area contributed by atoms with Crippen LogP contribution in [0.2, 0.25) is 0 Å². The Hall–Kier alpha value is -1.43. The van der Waals surface area contributed by atoms with Gasteiger partial charge in [0.05, 0.1) is 0 Å². The molecule has 46 valence electrons. The minimum Gasteiger partial charge on any atom is -0.505 e. The van der Waals surface area contributed by atoms with E-state index in [0.29, 0.717) is 5.56 Å². The van der Waals surface area contributed by atoms with E-state index in [1.54, 1.807) is 17.8 Å². The van der Waals surface area contributed by atoms with Crippen LogP contribution in [0.1, 0.15) is 5.56 Å². The number of aromatic hydroxyl groups is 1. The highest BCUT2D eigenvalue weighted by Gasteiger charge is 1.99. The maximum absolute atomic E-state index is 8.89. The maximum atomic E-state index is 8.89. The van der Waals surface area contributed by atoms with Crippen LogP contribution in [0.15, 0.2) is 12.4 Å². The van der Waals surface area contributed by atoms with Crippen LogP contribution in [-0.4, -0.2) is 9.67 Å². The molecule has 0 amide bonds. The molecule has 0 unspecified atom stereocenters. The van der Waals surface area contributed by atoms with E-state index in [1.807, 2.05) is 6.07 Å². The Bertz CT molecular complexity index is 257. The van der Waals surface area contributed by atoms with Crippen molar-refractivity contribution >= 4 is 0 Å². The van der Waals surface area contributed by atoms with E-state index < -0.39 is 0 Å². The van der Waals surface area contributed by atoms with E-state index in [2.05, 4.69) is 0 Å². The van der Waals surface area contributed by atoms with E-state index in [9.17, 15) is 0 Å². The molecule has 3 heteroatoms. The molecule has 1 aromatic rings. The van der Waals surface area contributed by atoms with Crippen molar-refractivity contribution in [2.24, 2.45) is 7.05 Å². The highest BCUT2D eigenvalue weighted by molar-refractivity contribution is 5.39. The Morgan fingerprint density at radius 3 is 2.56 bits per heavy atom. The van der Waals surface area contributed by atoms with E-state index in [0.717, 1.165) is 0 Å². The van der Waals surface area contributed by atoms with Crippen LogP contribution in [0.5, 0.6) is 5.75 Å². The van der Waals surface area contributed by atoms with Crippen molar-refractivity contribution in [1.29, 1.82) is 5.26 Å². The van der Waals surface area contributed by atoms with Gasteiger partial charge in [-0.15, -0.1) is 0 Å². The van der Waals surface area contributed by atoms with Crippen molar-refractivity contribution in [2.75, 3.05) is 0 Å². The largest absolute Gasteiger partial charge is 0.505 e. The van der Waals surface area contributed by atoms with Crippen LogP contribution in [-0.2, 0) is 7.05 Å². The molecule has 0 saturated heterocycles. The molecule has 0 bridgehead atoms. The lowest BCUT2D eigenvalue weighted by Gasteiger charge is -1.79. The van der Waals surface area contributed by atoms with Gasteiger partial charge >= 0.3 is 0 Å². The summed E-state index contributed by atoms with van der Waals surface area (Å²) in [6.07, 6.45) is 3.05. The minimum absolute atomic E-state index is 0.0417. The van der Waals surface area contributed by atoms with Crippen molar-refractivity contribution in [3.63, 3.8) is 0 Å². The quantitative estimate of drug-likeness (QED) is 0.547. The summed E-state index contributed by atoms with van der Waals surface area (Å²) in [6, 6.07) is 1.85. The zero-order valence-electron chi connectivity index (χ0n) is 5.00. The number of nitriles is 1. The van der Waals surface area contributed by atoms with Gasteiger partial charge in [-0.25, -0.2) is 0 Å². The smallest absolute Gasteiger partial charge is 0.150 e. The summed E-state index contributed by atoms with van der Waals surface area (Å²) in [6.45, 7) is 0. The zero-order valence-corrected chi connectivity index (χ0v) is 5.00. The molecule has 0 spiro atoms. The number of nitrogens with zero attached hydrogens (tertiary/aromatic N) is 2. The van der Waals surface area contributed by atoms with Crippen molar-refractivity contribution in [1.82, 2.24) is 4.57 Å². The first-order chi connectivity index (χ1) is 4.24. The third kappa shape index (κ3) is 0.868. The highest BCUT2D eigenvalue weighted by Crippen LogP contribution is 2.14. The molecule has 1 heterocycles. The lowest BCUT2D eigenvalue weighted by Crippen LogP contribution is -1.77. The lowest BCUT2D eigenvalue weighted by atomic mass is 10.4. The summed E-state index contributed by atoms with van der Waals surface area (Å²) in [5, 5.41) is 17.2.